The van der Waals surface area contributed by atoms with Crippen LogP contribution in [0.4, 0.5) is 17.6 Å². The van der Waals surface area contributed by atoms with E-state index in [1.165, 1.54) is 0 Å². The summed E-state index contributed by atoms with van der Waals surface area (Å²) in [5.41, 5.74) is -1.12. The zero-order valence-electron chi connectivity index (χ0n) is 11.5. The lowest BCUT2D eigenvalue weighted by Gasteiger charge is -2.18. The summed E-state index contributed by atoms with van der Waals surface area (Å²) in [5, 5.41) is 6.88. The molecule has 0 spiro atoms. The second-order valence-electron chi connectivity index (χ2n) is 5.21. The van der Waals surface area contributed by atoms with Crippen molar-refractivity contribution >= 4 is 0 Å². The van der Waals surface area contributed by atoms with Gasteiger partial charge in [-0.3, -0.25) is 0 Å². The van der Waals surface area contributed by atoms with E-state index in [0.29, 0.717) is 12.0 Å². The molecule has 0 atom stereocenters. The molecule has 0 bridgehead atoms. The molecule has 0 saturated carbocycles. The number of hydrogen-bond donors (Lipinski definition) is 1. The molecule has 1 fully saturated rings. The Balaban J connectivity index is 1.91. The molecule has 2 aromatic rings. The number of alkyl halides is 3. The second kappa shape index (κ2) is 5.68. The molecule has 1 aliphatic rings. The highest BCUT2D eigenvalue weighted by atomic mass is 19.4. The van der Waals surface area contributed by atoms with Gasteiger partial charge in [-0.1, -0.05) is 5.16 Å². The Bertz CT molecular complexity index is 662. The summed E-state index contributed by atoms with van der Waals surface area (Å²) >= 11 is 0. The largest absolute Gasteiger partial charge is 0.416 e. The second-order valence-corrected chi connectivity index (χ2v) is 5.21. The molecule has 0 radical (unpaired) electrons. The minimum Gasteiger partial charge on any atom is -0.339 e. The van der Waals surface area contributed by atoms with Crippen LogP contribution in [0.3, 0.4) is 0 Å². The molecule has 3 rings (SSSR count). The fourth-order valence-electron chi connectivity index (χ4n) is 2.47. The van der Waals surface area contributed by atoms with E-state index in [9.17, 15) is 17.6 Å². The topological polar surface area (TPSA) is 51.0 Å². The molecular formula is C14H13F4N3O. The molecule has 4 nitrogen and oxygen atoms in total. The fraction of sp³-hybridized carbons (Fsp3) is 0.429. The van der Waals surface area contributed by atoms with Crippen LogP contribution in [0.1, 0.15) is 30.2 Å². The highest BCUT2D eigenvalue weighted by molar-refractivity contribution is 5.56. The average molecular weight is 315 g/mol. The number of hydrogen-bond acceptors (Lipinski definition) is 4. The molecule has 22 heavy (non-hydrogen) atoms. The van der Waals surface area contributed by atoms with Crippen LogP contribution in [0.2, 0.25) is 0 Å². The Morgan fingerprint density at radius 1 is 1.14 bits per heavy atom. The molecule has 8 heteroatoms. The van der Waals surface area contributed by atoms with Crippen LogP contribution in [0.25, 0.3) is 11.4 Å². The van der Waals surface area contributed by atoms with E-state index in [4.69, 9.17) is 4.52 Å². The maximum absolute atomic E-state index is 13.4. The fourth-order valence-corrected chi connectivity index (χ4v) is 2.47. The number of nitrogens with one attached hydrogen (secondary N) is 1. The standard InChI is InChI=1S/C14H13F4N3O/c15-11-6-9(5-10(7-11)14(16,17)18)12-20-13(22-21-12)8-1-3-19-4-2-8/h5-8,19H,1-4H2. The Labute approximate surface area is 123 Å². The van der Waals surface area contributed by atoms with E-state index in [0.717, 1.165) is 38.1 Å². The van der Waals surface area contributed by atoms with E-state index in [1.54, 1.807) is 0 Å². The van der Waals surface area contributed by atoms with Gasteiger partial charge in [-0.25, -0.2) is 4.39 Å². The van der Waals surface area contributed by atoms with Crippen LogP contribution in [0.15, 0.2) is 22.7 Å². The van der Waals surface area contributed by atoms with Gasteiger partial charge in [0.05, 0.1) is 5.56 Å². The molecule has 1 saturated heterocycles. The Kier molecular flexibility index (Phi) is 3.86. The van der Waals surface area contributed by atoms with E-state index in [2.05, 4.69) is 15.5 Å². The molecular weight excluding hydrogens is 302 g/mol. The molecule has 1 aromatic carbocycles. The average Bonchev–Trinajstić information content (AvgIpc) is 2.96. The van der Waals surface area contributed by atoms with Crippen LogP contribution in [0, 0.1) is 5.82 Å². The first-order chi connectivity index (χ1) is 10.4. The summed E-state index contributed by atoms with van der Waals surface area (Å²) in [5.74, 6) is -0.552. The van der Waals surface area contributed by atoms with Gasteiger partial charge in [0.25, 0.3) is 0 Å². The van der Waals surface area contributed by atoms with Crippen LogP contribution >= 0.6 is 0 Å². The van der Waals surface area contributed by atoms with Gasteiger partial charge < -0.3 is 9.84 Å². The van der Waals surface area contributed by atoms with Crippen LogP contribution in [-0.4, -0.2) is 23.2 Å². The number of piperidine rings is 1. The molecule has 1 N–H and O–H groups in total. The lowest BCUT2D eigenvalue weighted by atomic mass is 9.98. The molecule has 1 aliphatic heterocycles. The summed E-state index contributed by atoms with van der Waals surface area (Å²) in [6.45, 7) is 1.64. The number of nitrogens with zero attached hydrogens (tertiary/aromatic N) is 2. The van der Waals surface area contributed by atoms with Crippen molar-refractivity contribution in [3.63, 3.8) is 0 Å². The van der Waals surface area contributed by atoms with Gasteiger partial charge in [0.15, 0.2) is 0 Å². The van der Waals surface area contributed by atoms with Crippen molar-refractivity contribution in [2.45, 2.75) is 24.9 Å². The van der Waals surface area contributed by atoms with Crippen molar-refractivity contribution in [2.24, 2.45) is 0 Å². The van der Waals surface area contributed by atoms with Gasteiger partial charge in [0.2, 0.25) is 11.7 Å². The van der Waals surface area contributed by atoms with E-state index in [1.807, 2.05) is 0 Å². The van der Waals surface area contributed by atoms with Crippen molar-refractivity contribution in [2.75, 3.05) is 13.1 Å². The van der Waals surface area contributed by atoms with Crippen molar-refractivity contribution in [1.82, 2.24) is 15.5 Å². The summed E-state index contributed by atoms with van der Waals surface area (Å²) in [6, 6.07) is 2.23. The van der Waals surface area contributed by atoms with E-state index < -0.39 is 17.6 Å². The van der Waals surface area contributed by atoms with Crippen molar-refractivity contribution in [1.29, 1.82) is 0 Å². The third-order valence-corrected chi connectivity index (χ3v) is 3.61. The molecule has 1 aromatic heterocycles. The van der Waals surface area contributed by atoms with Gasteiger partial charge in [0, 0.05) is 11.5 Å². The quantitative estimate of drug-likeness (QED) is 0.863. The van der Waals surface area contributed by atoms with Gasteiger partial charge >= 0.3 is 6.18 Å². The first-order valence-corrected chi connectivity index (χ1v) is 6.86. The zero-order chi connectivity index (χ0) is 15.7. The van der Waals surface area contributed by atoms with Crippen molar-refractivity contribution in [3.8, 4) is 11.4 Å². The first kappa shape index (κ1) is 15.0. The van der Waals surface area contributed by atoms with Gasteiger partial charge in [0.1, 0.15) is 5.82 Å². The third kappa shape index (κ3) is 3.11. The Morgan fingerprint density at radius 3 is 2.55 bits per heavy atom. The lowest BCUT2D eigenvalue weighted by Crippen LogP contribution is -2.26. The lowest BCUT2D eigenvalue weighted by molar-refractivity contribution is -0.137. The normalized spacial score (nSPS) is 16.9. The van der Waals surface area contributed by atoms with Gasteiger partial charge in [-0.05, 0) is 44.1 Å². The SMILES string of the molecule is Fc1cc(-c2noc(C3CCNCC3)n2)cc(C(F)(F)F)c1. The smallest absolute Gasteiger partial charge is 0.339 e. The molecule has 0 aliphatic carbocycles. The molecule has 0 unspecified atom stereocenters. The summed E-state index contributed by atoms with van der Waals surface area (Å²) in [4.78, 5) is 4.13. The maximum Gasteiger partial charge on any atom is 0.416 e. The Morgan fingerprint density at radius 2 is 1.86 bits per heavy atom. The maximum atomic E-state index is 13.4. The summed E-state index contributed by atoms with van der Waals surface area (Å²) in [6.07, 6.45) is -2.99. The minimum absolute atomic E-state index is 0.0291. The predicted octanol–water partition coefficient (Wildman–Crippen LogP) is 3.36. The van der Waals surface area contributed by atoms with Crippen LogP contribution < -0.4 is 5.32 Å². The first-order valence-electron chi connectivity index (χ1n) is 6.86. The zero-order valence-corrected chi connectivity index (χ0v) is 11.5. The Hall–Kier alpha value is -1.96. The molecule has 0 amide bonds. The number of halogens is 4. The number of aromatic nitrogens is 2. The third-order valence-electron chi connectivity index (χ3n) is 3.61. The van der Waals surface area contributed by atoms with Gasteiger partial charge in [-0.15, -0.1) is 0 Å². The van der Waals surface area contributed by atoms with Crippen molar-refractivity contribution in [3.05, 3.63) is 35.5 Å². The van der Waals surface area contributed by atoms with Crippen molar-refractivity contribution < 1.29 is 22.1 Å². The van der Waals surface area contributed by atoms with Crippen LogP contribution in [0.5, 0.6) is 0 Å². The van der Waals surface area contributed by atoms with Crippen LogP contribution in [-0.2, 0) is 6.18 Å². The summed E-state index contributed by atoms with van der Waals surface area (Å²) in [7, 11) is 0. The highest BCUT2D eigenvalue weighted by Gasteiger charge is 2.32. The van der Waals surface area contributed by atoms with E-state index in [-0.39, 0.29) is 17.3 Å². The number of rotatable bonds is 2. The van der Waals surface area contributed by atoms with E-state index >= 15 is 0 Å². The highest BCUT2D eigenvalue weighted by Crippen LogP contribution is 2.33. The van der Waals surface area contributed by atoms with Gasteiger partial charge in [-0.2, -0.15) is 18.2 Å². The molecule has 118 valence electrons. The minimum atomic E-state index is -4.63. The predicted molar refractivity (Wildman–Crippen MR) is 69.5 cm³/mol. The number of benzene rings is 1. The molecule has 2 heterocycles. The monoisotopic (exact) mass is 315 g/mol. The summed E-state index contributed by atoms with van der Waals surface area (Å²) < 4.78 is 56.7.